The summed E-state index contributed by atoms with van der Waals surface area (Å²) < 4.78 is 43.5. The van der Waals surface area contributed by atoms with Crippen molar-refractivity contribution in [3.63, 3.8) is 0 Å². The fourth-order valence-corrected chi connectivity index (χ4v) is 1.66. The highest BCUT2D eigenvalue weighted by Gasteiger charge is 2.34. The van der Waals surface area contributed by atoms with Crippen LogP contribution in [0.2, 0.25) is 0 Å². The van der Waals surface area contributed by atoms with Crippen LogP contribution in [0.1, 0.15) is 21.7 Å². The van der Waals surface area contributed by atoms with Crippen LogP contribution in [0.4, 0.5) is 24.5 Å². The molecule has 0 saturated carbocycles. The van der Waals surface area contributed by atoms with Gasteiger partial charge in [-0.15, -0.1) is 0 Å². The van der Waals surface area contributed by atoms with Crippen LogP contribution in [0.25, 0.3) is 0 Å². The number of furan rings is 1. The van der Waals surface area contributed by atoms with Gasteiger partial charge in [-0.25, -0.2) is 0 Å². The highest BCUT2D eigenvalue weighted by Crippen LogP contribution is 2.36. The fourth-order valence-electron chi connectivity index (χ4n) is 1.66. The first-order valence-electron chi connectivity index (χ1n) is 5.60. The van der Waals surface area contributed by atoms with Crippen molar-refractivity contribution in [3.8, 4) is 0 Å². The smallest absolute Gasteiger partial charge is 0.418 e. The first-order chi connectivity index (χ1) is 9.27. The first-order valence-corrected chi connectivity index (χ1v) is 5.60. The second-order valence-electron chi connectivity index (χ2n) is 4.20. The van der Waals surface area contributed by atoms with Crippen LogP contribution in [0.5, 0.6) is 0 Å². The van der Waals surface area contributed by atoms with Crippen molar-refractivity contribution in [3.05, 3.63) is 47.4 Å². The summed E-state index contributed by atoms with van der Waals surface area (Å²) in [4.78, 5) is 11.8. The number of hydrogen-bond donors (Lipinski definition) is 2. The summed E-state index contributed by atoms with van der Waals surface area (Å²) in [5.41, 5.74) is 4.11. The molecule has 2 rings (SSSR count). The lowest BCUT2D eigenvalue weighted by Gasteiger charge is -2.14. The van der Waals surface area contributed by atoms with Crippen LogP contribution < -0.4 is 11.1 Å². The fraction of sp³-hybridized carbons (Fsp3) is 0.154. The van der Waals surface area contributed by atoms with Crippen LogP contribution in [0.3, 0.4) is 0 Å². The second kappa shape index (κ2) is 4.92. The minimum Gasteiger partial charge on any atom is -0.469 e. The minimum atomic E-state index is -4.61. The van der Waals surface area contributed by atoms with E-state index in [0.29, 0.717) is 5.76 Å². The lowest BCUT2D eigenvalue weighted by Crippen LogP contribution is -2.16. The summed E-state index contributed by atoms with van der Waals surface area (Å²) in [5, 5.41) is 2.20. The maximum atomic E-state index is 12.9. The zero-order valence-corrected chi connectivity index (χ0v) is 10.4. The van der Waals surface area contributed by atoms with Crippen molar-refractivity contribution in [1.82, 2.24) is 0 Å². The molecule has 0 radical (unpaired) electrons. The van der Waals surface area contributed by atoms with Crippen molar-refractivity contribution in [1.29, 1.82) is 0 Å². The van der Waals surface area contributed by atoms with E-state index in [2.05, 4.69) is 5.32 Å². The number of nitrogen functional groups attached to an aromatic ring is 1. The number of rotatable bonds is 2. The van der Waals surface area contributed by atoms with Gasteiger partial charge < -0.3 is 15.5 Å². The average molecular weight is 284 g/mol. The molecule has 7 heteroatoms. The molecule has 20 heavy (non-hydrogen) atoms. The van der Waals surface area contributed by atoms with Crippen molar-refractivity contribution in [2.45, 2.75) is 13.1 Å². The van der Waals surface area contributed by atoms with E-state index in [9.17, 15) is 18.0 Å². The van der Waals surface area contributed by atoms with Crippen LogP contribution >= 0.6 is 0 Å². The molecular weight excluding hydrogens is 273 g/mol. The number of benzene rings is 1. The van der Waals surface area contributed by atoms with Gasteiger partial charge >= 0.3 is 6.18 Å². The van der Waals surface area contributed by atoms with Gasteiger partial charge in [0.05, 0.1) is 16.8 Å². The summed E-state index contributed by atoms with van der Waals surface area (Å²) in [6.07, 6.45) is -3.43. The van der Waals surface area contributed by atoms with Crippen molar-refractivity contribution in [2.75, 3.05) is 11.1 Å². The summed E-state index contributed by atoms with van der Waals surface area (Å²) in [7, 11) is 0. The van der Waals surface area contributed by atoms with E-state index in [0.717, 1.165) is 12.1 Å². The summed E-state index contributed by atoms with van der Waals surface area (Å²) in [6, 6.07) is 4.60. The maximum Gasteiger partial charge on any atom is 0.418 e. The third-order valence-corrected chi connectivity index (χ3v) is 2.59. The Bertz CT molecular complexity index is 647. The molecule has 0 bridgehead atoms. The van der Waals surface area contributed by atoms with Crippen molar-refractivity contribution < 1.29 is 22.4 Å². The van der Waals surface area contributed by atoms with Gasteiger partial charge in [0, 0.05) is 5.69 Å². The number of nitrogens with one attached hydrogen (secondary N) is 1. The van der Waals surface area contributed by atoms with Crippen LogP contribution in [0.15, 0.2) is 34.9 Å². The van der Waals surface area contributed by atoms with Crippen molar-refractivity contribution >= 4 is 17.3 Å². The van der Waals surface area contributed by atoms with E-state index in [1.165, 1.54) is 18.4 Å². The molecule has 0 saturated heterocycles. The average Bonchev–Trinajstić information content (AvgIpc) is 2.77. The molecule has 106 valence electrons. The highest BCUT2D eigenvalue weighted by molar-refractivity contribution is 6.04. The van der Waals surface area contributed by atoms with Gasteiger partial charge in [0.2, 0.25) is 0 Å². The molecular formula is C13H11F3N2O2. The lowest BCUT2D eigenvalue weighted by molar-refractivity contribution is -0.136. The van der Waals surface area contributed by atoms with Gasteiger partial charge in [-0.05, 0) is 31.2 Å². The summed E-state index contributed by atoms with van der Waals surface area (Å²) in [6.45, 7) is 1.63. The molecule has 0 aliphatic heterocycles. The molecule has 1 aromatic heterocycles. The zero-order chi connectivity index (χ0) is 14.9. The Hall–Kier alpha value is -2.44. The quantitative estimate of drug-likeness (QED) is 0.830. The number of nitrogens with two attached hydrogens (primary N) is 1. The second-order valence-corrected chi connectivity index (χ2v) is 4.20. The number of carbonyl (C=O) groups is 1. The van der Waals surface area contributed by atoms with E-state index in [-0.39, 0.29) is 16.9 Å². The number of carbonyl (C=O) groups excluding carboxylic acids is 1. The number of hydrogen-bond acceptors (Lipinski definition) is 3. The standard InChI is InChI=1S/C13H11F3N2O2/c1-7-4-8(6-20-7)12(19)18-11-3-2-9(17)5-10(11)13(14,15)16/h2-6H,17H2,1H3,(H,18,19). The molecule has 0 spiro atoms. The molecule has 0 atom stereocenters. The van der Waals surface area contributed by atoms with Gasteiger partial charge in [0.1, 0.15) is 12.0 Å². The van der Waals surface area contributed by atoms with Gasteiger partial charge in [-0.3, -0.25) is 4.79 Å². The molecule has 0 aliphatic carbocycles. The summed E-state index contributed by atoms with van der Waals surface area (Å²) >= 11 is 0. The first kappa shape index (κ1) is 14.0. The SMILES string of the molecule is Cc1cc(C(=O)Nc2ccc(N)cc2C(F)(F)F)co1. The van der Waals surface area contributed by atoms with E-state index in [1.54, 1.807) is 6.92 Å². The Morgan fingerprint density at radius 1 is 1.30 bits per heavy atom. The monoisotopic (exact) mass is 284 g/mol. The third-order valence-electron chi connectivity index (χ3n) is 2.59. The molecule has 1 aromatic carbocycles. The van der Waals surface area contributed by atoms with Gasteiger partial charge in [-0.1, -0.05) is 0 Å². The molecule has 1 amide bonds. The van der Waals surface area contributed by atoms with Gasteiger partial charge in [-0.2, -0.15) is 13.2 Å². The highest BCUT2D eigenvalue weighted by atomic mass is 19.4. The predicted molar refractivity (Wildman–Crippen MR) is 67.3 cm³/mol. The Balaban J connectivity index is 2.32. The van der Waals surface area contributed by atoms with E-state index >= 15 is 0 Å². The molecule has 0 aliphatic rings. The lowest BCUT2D eigenvalue weighted by atomic mass is 10.1. The molecule has 2 aromatic rings. The van der Waals surface area contributed by atoms with E-state index in [1.807, 2.05) is 0 Å². The molecule has 4 nitrogen and oxygen atoms in total. The molecule has 3 N–H and O–H groups in total. The molecule has 0 unspecified atom stereocenters. The van der Waals surface area contributed by atoms with Crippen LogP contribution in [-0.4, -0.2) is 5.91 Å². The third kappa shape index (κ3) is 2.93. The number of amides is 1. The van der Waals surface area contributed by atoms with Crippen molar-refractivity contribution in [2.24, 2.45) is 0 Å². The van der Waals surface area contributed by atoms with E-state index < -0.39 is 17.6 Å². The molecule has 1 heterocycles. The Labute approximate surface area is 112 Å². The van der Waals surface area contributed by atoms with Gasteiger partial charge in [0.25, 0.3) is 5.91 Å². The Morgan fingerprint density at radius 3 is 2.55 bits per heavy atom. The zero-order valence-electron chi connectivity index (χ0n) is 10.4. The largest absolute Gasteiger partial charge is 0.469 e. The Morgan fingerprint density at radius 2 is 2.00 bits per heavy atom. The topological polar surface area (TPSA) is 68.3 Å². The number of aryl methyl sites for hydroxylation is 1. The maximum absolute atomic E-state index is 12.9. The molecule has 0 fully saturated rings. The number of anilines is 2. The Kier molecular flexibility index (Phi) is 3.44. The number of halogens is 3. The normalized spacial score (nSPS) is 11.4. The van der Waals surface area contributed by atoms with E-state index in [4.69, 9.17) is 10.2 Å². The van der Waals surface area contributed by atoms with Crippen LogP contribution in [0, 0.1) is 6.92 Å². The predicted octanol–water partition coefficient (Wildman–Crippen LogP) is 3.44. The van der Waals surface area contributed by atoms with Crippen LogP contribution in [-0.2, 0) is 6.18 Å². The minimum absolute atomic E-state index is 0.0329. The summed E-state index contributed by atoms with van der Waals surface area (Å²) in [5.74, 6) is -0.194. The number of alkyl halides is 3. The van der Waals surface area contributed by atoms with Gasteiger partial charge in [0.15, 0.2) is 0 Å².